The number of fused-ring (bicyclic) bond motifs is 1. The highest BCUT2D eigenvalue weighted by atomic mass is 16.1. The highest BCUT2D eigenvalue weighted by Gasteiger charge is 2.06. The first-order valence-corrected chi connectivity index (χ1v) is 6.52. The number of aromatic amines is 1. The number of rotatable bonds is 5. The molecule has 1 amide bonds. The van der Waals surface area contributed by atoms with Crippen LogP contribution in [0.2, 0.25) is 0 Å². The first-order valence-electron chi connectivity index (χ1n) is 6.52. The van der Waals surface area contributed by atoms with Crippen molar-refractivity contribution in [2.24, 2.45) is 0 Å². The lowest BCUT2D eigenvalue weighted by Crippen LogP contribution is -2.25. The van der Waals surface area contributed by atoms with Crippen molar-refractivity contribution >= 4 is 16.9 Å². The van der Waals surface area contributed by atoms with Gasteiger partial charge < -0.3 is 10.3 Å². The number of carbonyl (C=O) groups excluding carboxylic acids is 1. The molecule has 102 valence electrons. The molecule has 0 radical (unpaired) electrons. The molecule has 0 atom stereocenters. The molecule has 6 heteroatoms. The van der Waals surface area contributed by atoms with E-state index in [1.165, 1.54) is 0 Å². The van der Waals surface area contributed by atoms with Gasteiger partial charge in [-0.3, -0.25) is 9.48 Å². The van der Waals surface area contributed by atoms with Crippen LogP contribution in [0.3, 0.4) is 0 Å². The van der Waals surface area contributed by atoms with Gasteiger partial charge in [0.15, 0.2) is 0 Å². The van der Waals surface area contributed by atoms with Crippen LogP contribution >= 0.6 is 0 Å². The molecule has 1 aromatic carbocycles. The standard InChI is InChI=1S/C14H15N5O/c20-14(15-5-1-7-19-8-2-6-18-19)11-3-4-12-13(9-11)17-10-16-12/h2-4,6,8-10H,1,5,7H2,(H,15,20)(H,16,17). The highest BCUT2D eigenvalue weighted by molar-refractivity contribution is 5.97. The van der Waals surface area contributed by atoms with E-state index < -0.39 is 0 Å². The van der Waals surface area contributed by atoms with Crippen molar-refractivity contribution < 1.29 is 4.79 Å². The van der Waals surface area contributed by atoms with E-state index in [-0.39, 0.29) is 5.91 Å². The number of nitrogens with zero attached hydrogens (tertiary/aromatic N) is 3. The molecule has 2 aromatic heterocycles. The van der Waals surface area contributed by atoms with Gasteiger partial charge in [-0.25, -0.2) is 4.98 Å². The lowest BCUT2D eigenvalue weighted by Gasteiger charge is -2.05. The Balaban J connectivity index is 1.53. The van der Waals surface area contributed by atoms with Gasteiger partial charge in [-0.05, 0) is 30.7 Å². The summed E-state index contributed by atoms with van der Waals surface area (Å²) in [6.07, 6.45) is 6.13. The Bertz CT molecular complexity index is 701. The third kappa shape index (κ3) is 2.69. The van der Waals surface area contributed by atoms with Gasteiger partial charge in [0.25, 0.3) is 5.91 Å². The molecule has 20 heavy (non-hydrogen) atoms. The first kappa shape index (κ1) is 12.4. The van der Waals surface area contributed by atoms with Gasteiger partial charge in [-0.15, -0.1) is 0 Å². The zero-order valence-electron chi connectivity index (χ0n) is 10.9. The lowest BCUT2D eigenvalue weighted by molar-refractivity contribution is 0.0952. The summed E-state index contributed by atoms with van der Waals surface area (Å²) in [6.45, 7) is 1.42. The van der Waals surface area contributed by atoms with Crippen molar-refractivity contribution in [3.63, 3.8) is 0 Å². The Labute approximate surface area is 115 Å². The summed E-state index contributed by atoms with van der Waals surface area (Å²) >= 11 is 0. The van der Waals surface area contributed by atoms with Crippen LogP contribution in [0, 0.1) is 0 Å². The second-order valence-electron chi connectivity index (χ2n) is 4.51. The normalized spacial score (nSPS) is 10.8. The SMILES string of the molecule is O=C(NCCCn1cccn1)c1ccc2nc[nH]c2c1. The van der Waals surface area contributed by atoms with E-state index in [1.807, 2.05) is 29.1 Å². The van der Waals surface area contributed by atoms with Gasteiger partial charge in [0.2, 0.25) is 0 Å². The predicted molar refractivity (Wildman–Crippen MR) is 75.3 cm³/mol. The molecule has 0 bridgehead atoms. The molecule has 0 saturated carbocycles. The molecule has 0 unspecified atom stereocenters. The summed E-state index contributed by atoms with van der Waals surface area (Å²) in [6, 6.07) is 7.32. The van der Waals surface area contributed by atoms with Crippen LogP contribution in [0.4, 0.5) is 0 Å². The Morgan fingerprint density at radius 1 is 1.40 bits per heavy atom. The minimum absolute atomic E-state index is 0.0676. The van der Waals surface area contributed by atoms with Crippen LogP contribution in [0.15, 0.2) is 43.0 Å². The van der Waals surface area contributed by atoms with Crippen molar-refractivity contribution in [2.45, 2.75) is 13.0 Å². The van der Waals surface area contributed by atoms with Crippen molar-refractivity contribution in [3.05, 3.63) is 48.5 Å². The molecule has 2 N–H and O–H groups in total. The van der Waals surface area contributed by atoms with E-state index in [9.17, 15) is 4.79 Å². The second-order valence-corrected chi connectivity index (χ2v) is 4.51. The topological polar surface area (TPSA) is 75.6 Å². The number of hydrogen-bond acceptors (Lipinski definition) is 3. The van der Waals surface area contributed by atoms with Gasteiger partial charge in [-0.1, -0.05) is 0 Å². The zero-order chi connectivity index (χ0) is 13.8. The number of benzene rings is 1. The number of carbonyl (C=O) groups is 1. The molecule has 0 spiro atoms. The number of imidazole rings is 1. The largest absolute Gasteiger partial charge is 0.352 e. The van der Waals surface area contributed by atoms with Gasteiger partial charge in [0.1, 0.15) is 0 Å². The lowest BCUT2D eigenvalue weighted by atomic mass is 10.2. The highest BCUT2D eigenvalue weighted by Crippen LogP contribution is 2.11. The summed E-state index contributed by atoms with van der Waals surface area (Å²) < 4.78 is 1.85. The first-order chi connectivity index (χ1) is 9.83. The third-order valence-corrected chi connectivity index (χ3v) is 3.09. The quantitative estimate of drug-likeness (QED) is 0.690. The number of aromatic nitrogens is 4. The average molecular weight is 269 g/mol. The summed E-state index contributed by atoms with van der Waals surface area (Å²) in [5.41, 5.74) is 2.37. The van der Waals surface area contributed by atoms with Crippen LogP contribution in [-0.4, -0.2) is 32.2 Å². The van der Waals surface area contributed by atoms with Crippen LogP contribution < -0.4 is 5.32 Å². The van der Waals surface area contributed by atoms with Crippen molar-refractivity contribution in [1.29, 1.82) is 0 Å². The molecule has 6 nitrogen and oxygen atoms in total. The number of H-pyrrole nitrogens is 1. The molecule has 2 heterocycles. The molecule has 0 fully saturated rings. The molecule has 0 aliphatic heterocycles. The monoisotopic (exact) mass is 269 g/mol. The van der Waals surface area contributed by atoms with E-state index in [4.69, 9.17) is 0 Å². The number of aryl methyl sites for hydroxylation is 1. The minimum atomic E-state index is -0.0676. The van der Waals surface area contributed by atoms with E-state index in [0.29, 0.717) is 12.1 Å². The number of hydrogen-bond donors (Lipinski definition) is 2. The zero-order valence-corrected chi connectivity index (χ0v) is 10.9. The minimum Gasteiger partial charge on any atom is -0.352 e. The molecule has 0 aliphatic rings. The van der Waals surface area contributed by atoms with Crippen LogP contribution in [0.5, 0.6) is 0 Å². The van der Waals surface area contributed by atoms with Crippen molar-refractivity contribution in [1.82, 2.24) is 25.1 Å². The Kier molecular flexibility index (Phi) is 3.45. The fraction of sp³-hybridized carbons (Fsp3) is 0.214. The van der Waals surface area contributed by atoms with Crippen molar-refractivity contribution in [3.8, 4) is 0 Å². The summed E-state index contributed by atoms with van der Waals surface area (Å²) in [5.74, 6) is -0.0676. The number of nitrogens with one attached hydrogen (secondary N) is 2. The smallest absolute Gasteiger partial charge is 0.251 e. The Morgan fingerprint density at radius 2 is 2.35 bits per heavy atom. The van der Waals surface area contributed by atoms with Crippen molar-refractivity contribution in [2.75, 3.05) is 6.54 Å². The van der Waals surface area contributed by atoms with Crippen LogP contribution in [-0.2, 0) is 6.54 Å². The van der Waals surface area contributed by atoms with E-state index in [0.717, 1.165) is 24.0 Å². The molecular weight excluding hydrogens is 254 g/mol. The van der Waals surface area contributed by atoms with Gasteiger partial charge in [-0.2, -0.15) is 5.10 Å². The maximum atomic E-state index is 12.0. The molecular formula is C14H15N5O. The fourth-order valence-electron chi connectivity index (χ4n) is 2.05. The van der Waals surface area contributed by atoms with Gasteiger partial charge in [0, 0.05) is 31.0 Å². The third-order valence-electron chi connectivity index (χ3n) is 3.09. The van der Waals surface area contributed by atoms with Gasteiger partial charge in [0.05, 0.1) is 17.4 Å². The fourth-order valence-corrected chi connectivity index (χ4v) is 2.05. The van der Waals surface area contributed by atoms with E-state index in [2.05, 4.69) is 20.4 Å². The summed E-state index contributed by atoms with van der Waals surface area (Å²) in [5, 5.41) is 7.02. The maximum Gasteiger partial charge on any atom is 0.251 e. The average Bonchev–Trinajstić information content (AvgIpc) is 3.13. The predicted octanol–water partition coefficient (Wildman–Crippen LogP) is 1.58. The van der Waals surface area contributed by atoms with Crippen LogP contribution in [0.1, 0.15) is 16.8 Å². The molecule has 3 rings (SSSR count). The maximum absolute atomic E-state index is 12.0. The summed E-state index contributed by atoms with van der Waals surface area (Å²) in [4.78, 5) is 19.1. The van der Waals surface area contributed by atoms with E-state index >= 15 is 0 Å². The van der Waals surface area contributed by atoms with Crippen LogP contribution in [0.25, 0.3) is 11.0 Å². The van der Waals surface area contributed by atoms with Gasteiger partial charge >= 0.3 is 0 Å². The Morgan fingerprint density at radius 3 is 3.20 bits per heavy atom. The second kappa shape index (κ2) is 5.56. The number of amides is 1. The molecule has 3 aromatic rings. The molecule has 0 aliphatic carbocycles. The summed E-state index contributed by atoms with van der Waals surface area (Å²) in [7, 11) is 0. The van der Waals surface area contributed by atoms with E-state index in [1.54, 1.807) is 18.6 Å². The Hall–Kier alpha value is -2.63. The molecule has 0 saturated heterocycles.